The van der Waals surface area contributed by atoms with Crippen molar-refractivity contribution in [3.8, 4) is 5.75 Å². The van der Waals surface area contributed by atoms with E-state index in [0.29, 0.717) is 5.75 Å². The van der Waals surface area contributed by atoms with Crippen molar-refractivity contribution in [1.82, 2.24) is 53.2 Å². The highest BCUT2D eigenvalue weighted by atomic mass is 32.2. The minimum atomic E-state index is -5.12. The van der Waals surface area contributed by atoms with Crippen LogP contribution in [0.4, 0.5) is 0 Å². The third kappa shape index (κ3) is 39.1. The second-order valence-corrected chi connectivity index (χ2v) is 27.7. The molecule has 0 unspecified atom stereocenters. The fraction of sp³-hybridized carbons (Fsp3) is 0.629. The van der Waals surface area contributed by atoms with Gasteiger partial charge in [-0.25, -0.2) is 9.36 Å². The molecule has 0 fully saturated rings. The first kappa shape index (κ1) is 92.3. The van der Waals surface area contributed by atoms with Crippen molar-refractivity contribution in [1.29, 1.82) is 0 Å². The molecule has 0 radical (unpaired) electrons. The molecule has 0 spiro atoms. The lowest BCUT2D eigenvalue weighted by atomic mass is 9.99. The zero-order chi connectivity index (χ0) is 79.3. The molecule has 25 N–H and O–H groups in total. The van der Waals surface area contributed by atoms with Crippen LogP contribution in [0.5, 0.6) is 5.75 Å². The van der Waals surface area contributed by atoms with Gasteiger partial charge in [0.25, 0.3) is 0 Å². The number of carboxylic acid groups (broad SMARTS) is 5. The van der Waals surface area contributed by atoms with Crippen LogP contribution >= 0.6 is 19.6 Å². The fourth-order valence-corrected chi connectivity index (χ4v) is 10.7. The first-order chi connectivity index (χ1) is 48.4. The summed E-state index contributed by atoms with van der Waals surface area (Å²) in [6, 6.07) is -14.0. The zero-order valence-electron chi connectivity index (χ0n) is 58.7. The molecule has 0 bridgehead atoms. The molecule has 0 saturated carbocycles. The SMILES string of the molecule is CSCC[C@H](NC(=O)[C@H](CC(C)C)NC(=O)[C@@H](N)CCC(=O)O)C(=O)N[C@@H](CC(C)C)C(=O)N[C@@H](CCCN=C(N)N)C(=O)N[C@@H](CC(C)C)C(=O)N[C@@H](CCC(N)=O)C(=O)N[C@@H](CC(=O)O)C(=O)N[C@@H](Cc1ccc(OP(=O)(O)O)cc1)C(=O)N[C@@H](CCC(=O)O)C(=O)N[C@@H](CCC(=O)O)C(=O)O. The Labute approximate surface area is 603 Å². The maximum atomic E-state index is 14.6. The minimum absolute atomic E-state index is 0.00703. The van der Waals surface area contributed by atoms with Gasteiger partial charge in [-0.05, 0) is 112 Å². The molecule has 0 saturated heterocycles. The van der Waals surface area contributed by atoms with Crippen LogP contribution in [0, 0.1) is 17.8 Å². The third-order valence-corrected chi connectivity index (χ3v) is 16.0. The normalized spacial score (nSPS) is 14.4. The van der Waals surface area contributed by atoms with E-state index in [1.807, 2.05) is 5.32 Å². The number of nitrogens with two attached hydrogens (primary N) is 4. The Morgan fingerprint density at radius 3 is 1.16 bits per heavy atom. The van der Waals surface area contributed by atoms with E-state index in [4.69, 9.17) is 33.1 Å². The number of phosphoric ester groups is 1. The second-order valence-electron chi connectivity index (χ2n) is 25.5. The molecule has 0 aliphatic rings. The Morgan fingerprint density at radius 2 is 0.779 bits per heavy atom. The number of carboxylic acids is 5. The van der Waals surface area contributed by atoms with Crippen LogP contribution < -0.4 is 80.6 Å². The van der Waals surface area contributed by atoms with Gasteiger partial charge in [-0.2, -0.15) is 11.8 Å². The molecule has 42 heteroatoms. The molecule has 0 heterocycles. The number of amides is 11. The van der Waals surface area contributed by atoms with E-state index < -0.39 is 239 Å². The molecule has 11 atom stereocenters. The summed E-state index contributed by atoms with van der Waals surface area (Å²) < 4.78 is 16.1. The van der Waals surface area contributed by atoms with Crippen molar-refractivity contribution in [2.75, 3.05) is 18.6 Å². The van der Waals surface area contributed by atoms with E-state index in [9.17, 15) is 106 Å². The lowest BCUT2D eigenvalue weighted by Gasteiger charge is -2.29. The number of rotatable bonds is 52. The van der Waals surface area contributed by atoms with Crippen molar-refractivity contribution >= 4 is 120 Å². The molecule has 11 amide bonds. The summed E-state index contributed by atoms with van der Waals surface area (Å²) in [5, 5.41) is 71.5. The summed E-state index contributed by atoms with van der Waals surface area (Å²) in [5.74, 6) is -21.1. The molecule has 1 rings (SSSR count). The largest absolute Gasteiger partial charge is 0.524 e. The number of guanidine groups is 1. The Morgan fingerprint density at radius 1 is 0.442 bits per heavy atom. The van der Waals surface area contributed by atoms with E-state index in [1.54, 1.807) is 47.8 Å². The topological polar surface area (TPSA) is 678 Å². The van der Waals surface area contributed by atoms with Gasteiger partial charge in [0, 0.05) is 38.6 Å². The number of aliphatic imine (C=N–C) groups is 1. The summed E-state index contributed by atoms with van der Waals surface area (Å²) in [7, 11) is -5.12. The van der Waals surface area contributed by atoms with Crippen LogP contribution in [0.3, 0.4) is 0 Å². The molecular weight excluding hydrogens is 1420 g/mol. The Hall–Kier alpha value is -9.73. The number of benzene rings is 1. The van der Waals surface area contributed by atoms with Crippen molar-refractivity contribution in [3.05, 3.63) is 29.8 Å². The molecule has 1 aromatic carbocycles. The van der Waals surface area contributed by atoms with Crippen molar-refractivity contribution in [2.24, 2.45) is 45.7 Å². The van der Waals surface area contributed by atoms with Crippen LogP contribution in [-0.4, -0.2) is 221 Å². The quantitative estimate of drug-likeness (QED) is 0.0129. The lowest BCUT2D eigenvalue weighted by Crippen LogP contribution is -2.61. The summed E-state index contributed by atoms with van der Waals surface area (Å²) in [6.45, 7) is 10.2. The van der Waals surface area contributed by atoms with Gasteiger partial charge < -0.3 is 106 Å². The van der Waals surface area contributed by atoms with Crippen LogP contribution in [0.2, 0.25) is 0 Å². The first-order valence-corrected chi connectivity index (χ1v) is 35.9. The van der Waals surface area contributed by atoms with Gasteiger partial charge in [0.2, 0.25) is 65.0 Å². The number of aliphatic carboxylic acids is 5. The molecule has 0 aliphatic heterocycles. The van der Waals surface area contributed by atoms with Gasteiger partial charge in [-0.3, -0.25) is 86.7 Å². The van der Waals surface area contributed by atoms with Gasteiger partial charge in [0.1, 0.15) is 66.2 Å². The zero-order valence-corrected chi connectivity index (χ0v) is 60.4. The van der Waals surface area contributed by atoms with Gasteiger partial charge in [-0.1, -0.05) is 53.7 Å². The highest BCUT2D eigenvalue weighted by Crippen LogP contribution is 2.37. The average Bonchev–Trinajstić information content (AvgIpc) is 0.852. The first-order valence-electron chi connectivity index (χ1n) is 33.0. The highest BCUT2D eigenvalue weighted by Gasteiger charge is 2.38. The maximum absolute atomic E-state index is 14.6. The molecule has 104 heavy (non-hydrogen) atoms. The summed E-state index contributed by atoms with van der Waals surface area (Å²) in [4.78, 5) is 235. The van der Waals surface area contributed by atoms with Crippen molar-refractivity contribution < 1.29 is 121 Å². The van der Waals surface area contributed by atoms with E-state index >= 15 is 0 Å². The van der Waals surface area contributed by atoms with Gasteiger partial charge in [0.05, 0.1) is 12.5 Å². The summed E-state index contributed by atoms with van der Waals surface area (Å²) >= 11 is 1.32. The number of primary amides is 1. The van der Waals surface area contributed by atoms with Gasteiger partial charge in [0.15, 0.2) is 5.96 Å². The molecule has 1 aromatic rings. The summed E-state index contributed by atoms with van der Waals surface area (Å²) in [5.41, 5.74) is 22.5. The number of hydrogen-bond donors (Lipinski definition) is 21. The molecule has 0 aliphatic carbocycles. The van der Waals surface area contributed by atoms with Gasteiger partial charge >= 0.3 is 37.7 Å². The lowest BCUT2D eigenvalue weighted by molar-refractivity contribution is -0.144. The van der Waals surface area contributed by atoms with Crippen molar-refractivity contribution in [2.45, 2.75) is 211 Å². The number of thioether (sulfide) groups is 1. The average molecular weight is 1520 g/mol. The minimum Gasteiger partial charge on any atom is -0.481 e. The Bertz CT molecular complexity index is 3230. The number of phosphoric acid groups is 1. The smallest absolute Gasteiger partial charge is 0.481 e. The van der Waals surface area contributed by atoms with Gasteiger partial charge in [-0.15, -0.1) is 0 Å². The number of nitrogens with one attached hydrogen (secondary N) is 10. The summed E-state index contributed by atoms with van der Waals surface area (Å²) in [6.07, 6.45) is -5.63. The molecular formula is C62H100N15O25PS. The number of carbonyl (C=O) groups excluding carboxylic acids is 11. The van der Waals surface area contributed by atoms with Crippen LogP contribution in [0.15, 0.2) is 29.3 Å². The number of hydrogen-bond acceptors (Lipinski definition) is 21. The predicted molar refractivity (Wildman–Crippen MR) is 370 cm³/mol. The third-order valence-electron chi connectivity index (χ3n) is 14.9. The Kier molecular flexibility index (Phi) is 41.5. The van der Waals surface area contributed by atoms with Crippen molar-refractivity contribution in [3.63, 3.8) is 0 Å². The Balaban J connectivity index is 3.87. The standard InChI is InChI=1S/C62H100N15O25PS/c1-30(2)25-41(73-51(87)35(63)14-19-47(79)80)56(92)71-39(22-24-104-7)55(91)75-42(26-31(3)4)57(93)68-36(9-8-23-67-62(65)66)52(88)74-43(27-32(5)6)58(94)69-37(15-18-46(64)78)54(90)77-45(29-50(85)86)60(96)76-44(28-33-10-12-34(13-11-33)102-103(99,100)101)59(95)70-38(16-20-48(81)82)53(89)72-40(61(97)98)17-21-49(83)84/h10-13,30-32,35-45H,8-9,14-29,63H2,1-7H3,(H2,64,78)(H,68,93)(H,69,94)(H,70,95)(H,71,92)(H,72,89)(H,73,87)(H,74,88)(H,75,91)(H,76,96)(H,77,90)(H,79,80)(H,81,82)(H,83,84)(H,85,86)(H,97,98)(H4,65,66,67)(H2,99,100,101)/t35-,36-,37-,38-,39-,40-,41-,42-,43-,44-,45-/m0/s1. The van der Waals surface area contributed by atoms with E-state index in [1.165, 1.54) is 11.8 Å². The maximum Gasteiger partial charge on any atom is 0.524 e. The van der Waals surface area contributed by atoms with E-state index in [0.717, 1.165) is 24.3 Å². The van der Waals surface area contributed by atoms with E-state index in [2.05, 4.69) is 57.4 Å². The number of nitrogens with zero attached hydrogens (tertiary/aromatic N) is 1. The van der Waals surface area contributed by atoms with Crippen LogP contribution in [0.25, 0.3) is 0 Å². The monoisotopic (exact) mass is 1520 g/mol. The van der Waals surface area contributed by atoms with Crippen LogP contribution in [0.1, 0.15) is 143 Å². The molecule has 584 valence electrons. The van der Waals surface area contributed by atoms with E-state index in [-0.39, 0.29) is 74.8 Å². The second kappa shape index (κ2) is 46.8. The number of carbonyl (C=O) groups is 16. The fourth-order valence-electron chi connectivity index (χ4n) is 9.80. The van der Waals surface area contributed by atoms with Crippen LogP contribution in [-0.2, 0) is 87.7 Å². The highest BCUT2D eigenvalue weighted by molar-refractivity contribution is 7.98. The predicted octanol–water partition coefficient (Wildman–Crippen LogP) is -3.76. The molecule has 0 aromatic heterocycles. The molecule has 40 nitrogen and oxygen atoms in total.